The molecule has 1 aromatic heterocycles. The number of rotatable bonds is 3. The lowest BCUT2D eigenvalue weighted by Crippen LogP contribution is -2.16. The normalized spacial score (nSPS) is 12.0. The van der Waals surface area contributed by atoms with Crippen LogP contribution in [-0.2, 0) is 11.8 Å². The van der Waals surface area contributed by atoms with Crippen LogP contribution in [0.5, 0.6) is 0 Å². The lowest BCUT2D eigenvalue weighted by molar-refractivity contribution is 0.509. The van der Waals surface area contributed by atoms with E-state index in [1.54, 1.807) is 0 Å². The first kappa shape index (κ1) is 12.1. The minimum atomic E-state index is 0.193. The highest BCUT2D eigenvalue weighted by Crippen LogP contribution is 2.33. The molecular weight excluding hydrogens is 206 g/mol. The summed E-state index contributed by atoms with van der Waals surface area (Å²) in [5.74, 6) is 0. The SMILES string of the molecule is CCc1ccc(C(C)(C)CC)c2ncccc12. The molecule has 0 unspecified atom stereocenters. The molecule has 1 nitrogen and oxygen atoms in total. The summed E-state index contributed by atoms with van der Waals surface area (Å²) in [4.78, 5) is 4.60. The number of fused-ring (bicyclic) bond motifs is 1. The maximum absolute atomic E-state index is 4.60. The lowest BCUT2D eigenvalue weighted by Gasteiger charge is -2.25. The third-order valence-electron chi connectivity index (χ3n) is 3.85. The fourth-order valence-corrected chi connectivity index (χ4v) is 2.28. The van der Waals surface area contributed by atoms with Crippen molar-refractivity contribution >= 4 is 10.9 Å². The molecule has 1 heterocycles. The predicted molar refractivity (Wildman–Crippen MR) is 74.4 cm³/mol. The van der Waals surface area contributed by atoms with Gasteiger partial charge < -0.3 is 0 Å². The average molecular weight is 227 g/mol. The van der Waals surface area contributed by atoms with E-state index in [1.807, 2.05) is 12.3 Å². The predicted octanol–water partition coefficient (Wildman–Crippen LogP) is 4.48. The van der Waals surface area contributed by atoms with Gasteiger partial charge in [-0.05, 0) is 35.4 Å². The van der Waals surface area contributed by atoms with Crippen molar-refractivity contribution in [3.63, 3.8) is 0 Å². The third kappa shape index (κ3) is 2.06. The average Bonchev–Trinajstić information content (AvgIpc) is 2.37. The van der Waals surface area contributed by atoms with Gasteiger partial charge in [-0.2, -0.15) is 0 Å². The quantitative estimate of drug-likeness (QED) is 0.753. The molecule has 0 spiro atoms. The van der Waals surface area contributed by atoms with Crippen LogP contribution in [0.2, 0.25) is 0 Å². The smallest absolute Gasteiger partial charge is 0.0742 e. The first-order chi connectivity index (χ1) is 8.10. The molecule has 2 aromatic rings. The second-order valence-electron chi connectivity index (χ2n) is 5.26. The van der Waals surface area contributed by atoms with Crippen molar-refractivity contribution in [2.75, 3.05) is 0 Å². The maximum atomic E-state index is 4.60. The summed E-state index contributed by atoms with van der Waals surface area (Å²) in [6.07, 6.45) is 4.09. The highest BCUT2D eigenvalue weighted by molar-refractivity contribution is 5.85. The number of hydrogen-bond acceptors (Lipinski definition) is 1. The second-order valence-corrected chi connectivity index (χ2v) is 5.26. The minimum Gasteiger partial charge on any atom is -0.256 e. The van der Waals surface area contributed by atoms with Gasteiger partial charge in [0.15, 0.2) is 0 Å². The number of benzene rings is 1. The van der Waals surface area contributed by atoms with Gasteiger partial charge in [-0.15, -0.1) is 0 Å². The molecule has 0 fully saturated rings. The fourth-order valence-electron chi connectivity index (χ4n) is 2.28. The van der Waals surface area contributed by atoms with Crippen LogP contribution in [0.15, 0.2) is 30.5 Å². The fraction of sp³-hybridized carbons (Fsp3) is 0.438. The van der Waals surface area contributed by atoms with Gasteiger partial charge in [0.2, 0.25) is 0 Å². The van der Waals surface area contributed by atoms with Gasteiger partial charge in [-0.25, -0.2) is 0 Å². The second kappa shape index (κ2) is 4.48. The molecule has 2 rings (SSSR count). The van der Waals surface area contributed by atoms with Gasteiger partial charge >= 0.3 is 0 Å². The van der Waals surface area contributed by atoms with Crippen LogP contribution in [0.1, 0.15) is 45.2 Å². The number of aryl methyl sites for hydroxylation is 1. The van der Waals surface area contributed by atoms with Crippen molar-refractivity contribution in [2.24, 2.45) is 0 Å². The molecule has 0 aliphatic heterocycles. The van der Waals surface area contributed by atoms with E-state index in [2.05, 4.69) is 50.9 Å². The van der Waals surface area contributed by atoms with Crippen LogP contribution >= 0.6 is 0 Å². The van der Waals surface area contributed by atoms with E-state index in [4.69, 9.17) is 0 Å². The summed E-state index contributed by atoms with van der Waals surface area (Å²) in [5, 5.41) is 1.31. The summed E-state index contributed by atoms with van der Waals surface area (Å²) in [6.45, 7) is 9.03. The van der Waals surface area contributed by atoms with E-state index >= 15 is 0 Å². The highest BCUT2D eigenvalue weighted by Gasteiger charge is 2.21. The summed E-state index contributed by atoms with van der Waals surface area (Å²) in [5.41, 5.74) is 4.13. The molecule has 17 heavy (non-hydrogen) atoms. The van der Waals surface area contributed by atoms with E-state index in [9.17, 15) is 0 Å². The summed E-state index contributed by atoms with van der Waals surface area (Å²) < 4.78 is 0. The van der Waals surface area contributed by atoms with E-state index in [1.165, 1.54) is 22.0 Å². The van der Waals surface area contributed by atoms with Gasteiger partial charge in [0, 0.05) is 11.6 Å². The summed E-state index contributed by atoms with van der Waals surface area (Å²) in [7, 11) is 0. The molecule has 1 aromatic carbocycles. The van der Waals surface area contributed by atoms with Crippen molar-refractivity contribution in [1.29, 1.82) is 0 Å². The van der Waals surface area contributed by atoms with Crippen molar-refractivity contribution in [3.05, 3.63) is 41.6 Å². The Morgan fingerprint density at radius 3 is 2.53 bits per heavy atom. The Labute approximate surface area is 104 Å². The zero-order valence-electron chi connectivity index (χ0n) is 11.2. The molecule has 0 saturated carbocycles. The van der Waals surface area contributed by atoms with Gasteiger partial charge in [0.25, 0.3) is 0 Å². The first-order valence-electron chi connectivity index (χ1n) is 6.47. The minimum absolute atomic E-state index is 0.193. The van der Waals surface area contributed by atoms with E-state index in [0.29, 0.717) is 0 Å². The molecule has 0 bridgehead atoms. The zero-order valence-corrected chi connectivity index (χ0v) is 11.2. The van der Waals surface area contributed by atoms with Crippen molar-refractivity contribution in [2.45, 2.75) is 46.0 Å². The highest BCUT2D eigenvalue weighted by atomic mass is 14.7. The van der Waals surface area contributed by atoms with Crippen LogP contribution < -0.4 is 0 Å². The maximum Gasteiger partial charge on any atom is 0.0742 e. The topological polar surface area (TPSA) is 12.9 Å². The Morgan fingerprint density at radius 2 is 1.88 bits per heavy atom. The van der Waals surface area contributed by atoms with E-state index in [0.717, 1.165) is 12.8 Å². The number of hydrogen-bond donors (Lipinski definition) is 0. The van der Waals surface area contributed by atoms with E-state index in [-0.39, 0.29) is 5.41 Å². The van der Waals surface area contributed by atoms with Gasteiger partial charge in [0.05, 0.1) is 5.52 Å². The Bertz CT molecular complexity index is 526. The Hall–Kier alpha value is -1.37. The van der Waals surface area contributed by atoms with Crippen LogP contribution in [0, 0.1) is 0 Å². The van der Waals surface area contributed by atoms with Crippen LogP contribution in [-0.4, -0.2) is 4.98 Å². The number of pyridine rings is 1. The molecule has 0 saturated heterocycles. The van der Waals surface area contributed by atoms with E-state index < -0.39 is 0 Å². The Morgan fingerprint density at radius 1 is 1.12 bits per heavy atom. The molecule has 0 aliphatic carbocycles. The molecule has 0 atom stereocenters. The van der Waals surface area contributed by atoms with Gasteiger partial charge in [-0.3, -0.25) is 4.98 Å². The third-order valence-corrected chi connectivity index (χ3v) is 3.85. The molecule has 0 N–H and O–H groups in total. The number of nitrogens with zero attached hydrogens (tertiary/aromatic N) is 1. The molecule has 0 aliphatic rings. The van der Waals surface area contributed by atoms with Gasteiger partial charge in [0.1, 0.15) is 0 Å². The Kier molecular flexibility index (Phi) is 3.19. The summed E-state index contributed by atoms with van der Waals surface area (Å²) in [6, 6.07) is 8.75. The monoisotopic (exact) mass is 227 g/mol. The number of aromatic nitrogens is 1. The first-order valence-corrected chi connectivity index (χ1v) is 6.47. The van der Waals surface area contributed by atoms with Gasteiger partial charge in [-0.1, -0.05) is 45.9 Å². The van der Waals surface area contributed by atoms with Crippen LogP contribution in [0.4, 0.5) is 0 Å². The van der Waals surface area contributed by atoms with Crippen LogP contribution in [0.3, 0.4) is 0 Å². The van der Waals surface area contributed by atoms with Crippen LogP contribution in [0.25, 0.3) is 10.9 Å². The molecule has 0 amide bonds. The molecule has 1 heteroatoms. The molecule has 0 radical (unpaired) electrons. The standard InChI is InChI=1S/C16H21N/c1-5-12-9-10-14(16(3,4)6-2)15-13(12)8-7-11-17-15/h7-11H,5-6H2,1-4H3. The van der Waals surface area contributed by atoms with Crippen molar-refractivity contribution in [1.82, 2.24) is 4.98 Å². The zero-order chi connectivity index (χ0) is 12.5. The van der Waals surface area contributed by atoms with Crippen molar-refractivity contribution in [3.8, 4) is 0 Å². The van der Waals surface area contributed by atoms with Crippen molar-refractivity contribution < 1.29 is 0 Å². The molecular formula is C16H21N. The Balaban J connectivity index is 2.75. The largest absolute Gasteiger partial charge is 0.256 e. The summed E-state index contributed by atoms with van der Waals surface area (Å²) >= 11 is 0. The molecule has 90 valence electrons. The lowest BCUT2D eigenvalue weighted by atomic mass is 9.80.